The molecule has 2 N–H and O–H groups in total. The molecule has 2 fully saturated rings. The van der Waals surface area contributed by atoms with Gasteiger partial charge in [0.25, 0.3) is 0 Å². The molecule has 3 aromatic carbocycles. The number of nitriles is 1. The number of carbonyl (C=O) groups excluding carboxylic acids is 3. The van der Waals surface area contributed by atoms with Gasteiger partial charge in [0.1, 0.15) is 23.9 Å². The number of phenols is 1. The number of hydrogen-bond acceptors (Lipinski definition) is 5. The summed E-state index contributed by atoms with van der Waals surface area (Å²) in [6.45, 7) is 0.712. The van der Waals surface area contributed by atoms with Crippen molar-refractivity contribution in [3.63, 3.8) is 0 Å². The molecule has 1 saturated heterocycles. The van der Waals surface area contributed by atoms with E-state index in [1.807, 2.05) is 36.4 Å². The summed E-state index contributed by atoms with van der Waals surface area (Å²) in [7, 11) is 0. The van der Waals surface area contributed by atoms with Crippen LogP contribution in [-0.4, -0.2) is 51.3 Å². The number of amides is 3. The minimum atomic E-state index is -1.02. The number of rotatable bonds is 8. The molecular formula is C36H38N4O4. The first kappa shape index (κ1) is 29.4. The third kappa shape index (κ3) is 6.05. The average Bonchev–Trinajstić information content (AvgIpc) is 3.06. The minimum Gasteiger partial charge on any atom is -0.508 e. The van der Waals surface area contributed by atoms with Crippen LogP contribution in [-0.2, 0) is 33.8 Å². The zero-order valence-corrected chi connectivity index (χ0v) is 24.8. The fraction of sp³-hybridized carbons (Fsp3) is 0.389. The molecule has 0 spiro atoms. The number of carbonyl (C=O) groups is 3. The molecule has 1 aliphatic carbocycles. The van der Waals surface area contributed by atoms with Gasteiger partial charge in [0.15, 0.2) is 0 Å². The third-order valence-corrected chi connectivity index (χ3v) is 9.50. The number of nitrogens with one attached hydrogen (secondary N) is 1. The van der Waals surface area contributed by atoms with Gasteiger partial charge in [-0.25, -0.2) is 0 Å². The zero-order chi connectivity index (χ0) is 30.6. The van der Waals surface area contributed by atoms with Crippen molar-refractivity contribution in [2.45, 2.75) is 76.0 Å². The maximum absolute atomic E-state index is 14.6. The first-order valence-electron chi connectivity index (χ1n) is 15.7. The fourth-order valence-corrected chi connectivity index (χ4v) is 7.14. The first-order chi connectivity index (χ1) is 21.4. The maximum Gasteiger partial charge on any atom is 0.247 e. The molecule has 8 nitrogen and oxygen atoms in total. The molecule has 44 heavy (non-hydrogen) atoms. The Labute approximate surface area is 258 Å². The highest BCUT2D eigenvalue weighted by Crippen LogP contribution is 2.38. The Balaban J connectivity index is 1.35. The van der Waals surface area contributed by atoms with Crippen LogP contribution in [0.3, 0.4) is 0 Å². The van der Waals surface area contributed by atoms with Gasteiger partial charge in [0, 0.05) is 19.5 Å². The van der Waals surface area contributed by atoms with Crippen molar-refractivity contribution >= 4 is 17.7 Å². The van der Waals surface area contributed by atoms with E-state index in [2.05, 4.69) is 11.4 Å². The number of benzene rings is 3. The van der Waals surface area contributed by atoms with Gasteiger partial charge in [-0.05, 0) is 65.3 Å². The van der Waals surface area contributed by atoms with Gasteiger partial charge in [-0.1, -0.05) is 80.6 Å². The summed E-state index contributed by atoms with van der Waals surface area (Å²) in [5.74, 6) is -0.169. The molecular weight excluding hydrogens is 552 g/mol. The van der Waals surface area contributed by atoms with Crippen molar-refractivity contribution in [1.29, 1.82) is 5.26 Å². The summed E-state index contributed by atoms with van der Waals surface area (Å²) >= 11 is 0. The van der Waals surface area contributed by atoms with Gasteiger partial charge in [-0.2, -0.15) is 5.26 Å². The quantitative estimate of drug-likeness (QED) is 0.391. The van der Waals surface area contributed by atoms with Gasteiger partial charge in [0.05, 0.1) is 11.6 Å². The van der Waals surface area contributed by atoms with Crippen molar-refractivity contribution in [2.24, 2.45) is 5.92 Å². The second-order valence-corrected chi connectivity index (χ2v) is 12.3. The Bertz CT molecular complexity index is 1560. The molecule has 2 heterocycles. The van der Waals surface area contributed by atoms with Crippen LogP contribution in [0.5, 0.6) is 5.75 Å². The van der Waals surface area contributed by atoms with Crippen LogP contribution in [0.1, 0.15) is 72.4 Å². The lowest BCUT2D eigenvalue weighted by molar-refractivity contribution is -0.169. The third-order valence-electron chi connectivity index (χ3n) is 9.50. The predicted octanol–water partition coefficient (Wildman–Crippen LogP) is 4.80. The molecule has 226 valence electrons. The second kappa shape index (κ2) is 12.9. The van der Waals surface area contributed by atoms with Gasteiger partial charge >= 0.3 is 0 Å². The molecule has 6 rings (SSSR count). The van der Waals surface area contributed by atoms with Crippen molar-refractivity contribution in [3.8, 4) is 11.8 Å². The first-order valence-corrected chi connectivity index (χ1v) is 15.7. The minimum absolute atomic E-state index is 0.0924. The van der Waals surface area contributed by atoms with Crippen LogP contribution in [0.25, 0.3) is 0 Å². The molecule has 3 aliphatic rings. The molecule has 1 saturated carbocycles. The molecule has 2 aliphatic heterocycles. The number of fused-ring (bicyclic) bond motifs is 2. The topological polar surface area (TPSA) is 114 Å². The van der Waals surface area contributed by atoms with E-state index in [-0.39, 0.29) is 23.5 Å². The predicted molar refractivity (Wildman–Crippen MR) is 165 cm³/mol. The van der Waals surface area contributed by atoms with Crippen molar-refractivity contribution in [2.75, 3.05) is 6.54 Å². The van der Waals surface area contributed by atoms with E-state index >= 15 is 0 Å². The second-order valence-electron chi connectivity index (χ2n) is 12.3. The van der Waals surface area contributed by atoms with Gasteiger partial charge < -0.3 is 20.2 Å². The normalized spacial score (nSPS) is 20.8. The number of piperazine rings is 1. The van der Waals surface area contributed by atoms with E-state index in [1.165, 1.54) is 6.42 Å². The Morgan fingerprint density at radius 1 is 0.932 bits per heavy atom. The molecule has 3 amide bonds. The van der Waals surface area contributed by atoms with Crippen LogP contribution in [0.4, 0.5) is 0 Å². The Hall–Kier alpha value is -4.64. The van der Waals surface area contributed by atoms with Crippen LogP contribution in [0.15, 0.2) is 72.8 Å². The van der Waals surface area contributed by atoms with E-state index in [1.54, 1.807) is 46.2 Å². The SMILES string of the molecule is N#Cc1ccc(C(C(=O)NCCc2ccc(O)cc2)N2C(=O)C3Cc4ccccc4CN3C(=O)C2CC2CCCCC2)cc1. The summed E-state index contributed by atoms with van der Waals surface area (Å²) < 4.78 is 0. The van der Waals surface area contributed by atoms with E-state index < -0.39 is 18.1 Å². The molecule has 0 aromatic heterocycles. The molecule has 8 heteroatoms. The fourth-order valence-electron chi connectivity index (χ4n) is 7.14. The molecule has 3 unspecified atom stereocenters. The molecule has 0 bridgehead atoms. The summed E-state index contributed by atoms with van der Waals surface area (Å²) in [5.41, 5.74) is 4.09. The summed E-state index contributed by atoms with van der Waals surface area (Å²) in [4.78, 5) is 46.5. The molecule has 0 radical (unpaired) electrons. The smallest absolute Gasteiger partial charge is 0.247 e. The lowest BCUT2D eigenvalue weighted by Gasteiger charge is -2.50. The number of hydrogen-bond donors (Lipinski definition) is 2. The van der Waals surface area contributed by atoms with Crippen LogP contribution < -0.4 is 5.32 Å². The van der Waals surface area contributed by atoms with Gasteiger partial charge in [-0.3, -0.25) is 14.4 Å². The Kier molecular flexibility index (Phi) is 8.65. The largest absolute Gasteiger partial charge is 0.508 e. The van der Waals surface area contributed by atoms with E-state index in [4.69, 9.17) is 0 Å². The van der Waals surface area contributed by atoms with Gasteiger partial charge in [0.2, 0.25) is 17.7 Å². The summed E-state index contributed by atoms with van der Waals surface area (Å²) in [6, 6.07) is 21.2. The molecule has 3 atom stereocenters. The van der Waals surface area contributed by atoms with E-state index in [9.17, 15) is 24.8 Å². The summed E-state index contributed by atoms with van der Waals surface area (Å²) in [6.07, 6.45) is 6.90. The van der Waals surface area contributed by atoms with Gasteiger partial charge in [-0.15, -0.1) is 0 Å². The Morgan fingerprint density at radius 2 is 1.64 bits per heavy atom. The standard InChI is InChI=1S/C36H38N4O4/c37-22-26-10-14-27(15-11-26)33(34(42)38-19-18-24-12-16-30(41)17-13-24)40-32(20-25-6-2-1-3-7-25)35(43)39-23-29-9-5-4-8-28(29)21-31(39)36(40)44/h4-5,8-17,25,31-33,41H,1-3,6-7,18-21,23H2,(H,38,42). The lowest BCUT2D eigenvalue weighted by atomic mass is 9.81. The van der Waals surface area contributed by atoms with Crippen molar-refractivity contribution in [3.05, 3.63) is 101 Å². The van der Waals surface area contributed by atoms with Crippen molar-refractivity contribution in [1.82, 2.24) is 15.1 Å². The molecule has 3 aromatic rings. The van der Waals surface area contributed by atoms with E-state index in [0.29, 0.717) is 49.4 Å². The zero-order valence-electron chi connectivity index (χ0n) is 24.8. The summed E-state index contributed by atoms with van der Waals surface area (Å²) in [5, 5.41) is 22.1. The number of nitrogens with zero attached hydrogens (tertiary/aromatic N) is 3. The highest BCUT2D eigenvalue weighted by atomic mass is 16.3. The maximum atomic E-state index is 14.6. The average molecular weight is 591 g/mol. The monoisotopic (exact) mass is 590 g/mol. The number of aromatic hydroxyl groups is 1. The van der Waals surface area contributed by atoms with E-state index in [0.717, 1.165) is 42.4 Å². The highest BCUT2D eigenvalue weighted by Gasteiger charge is 2.51. The Morgan fingerprint density at radius 3 is 2.34 bits per heavy atom. The van der Waals surface area contributed by atoms with Crippen LogP contribution in [0.2, 0.25) is 0 Å². The van der Waals surface area contributed by atoms with Crippen molar-refractivity contribution < 1.29 is 19.5 Å². The number of phenolic OH excluding ortho intramolecular Hbond substituents is 1. The van der Waals surface area contributed by atoms with Crippen LogP contribution >= 0.6 is 0 Å². The highest BCUT2D eigenvalue weighted by molar-refractivity contribution is 6.00. The van der Waals surface area contributed by atoms with Crippen LogP contribution in [0, 0.1) is 17.2 Å². The lowest BCUT2D eigenvalue weighted by Crippen LogP contribution is -2.67.